The summed E-state index contributed by atoms with van der Waals surface area (Å²) in [5.41, 5.74) is 0.651. The molecule has 2 saturated heterocycles. The fraction of sp³-hybridized carbons (Fsp3) is 0.364. The van der Waals surface area contributed by atoms with Gasteiger partial charge in [-0.25, -0.2) is 0 Å². The van der Waals surface area contributed by atoms with Crippen molar-refractivity contribution < 1.29 is 24.2 Å². The van der Waals surface area contributed by atoms with Crippen LogP contribution in [0.4, 0.5) is 0 Å². The van der Waals surface area contributed by atoms with Crippen LogP contribution in [0.1, 0.15) is 15.9 Å². The van der Waals surface area contributed by atoms with Gasteiger partial charge >= 0.3 is 5.97 Å². The van der Waals surface area contributed by atoms with E-state index < -0.39 is 11.4 Å². The third-order valence-corrected chi connectivity index (χ3v) is 5.70. The number of hydrogen-bond donors (Lipinski definition) is 1. The number of amides is 1. The van der Waals surface area contributed by atoms with E-state index in [9.17, 15) is 14.7 Å². The number of carbonyl (C=O) groups excluding carboxylic acids is 1. The lowest BCUT2D eigenvalue weighted by molar-refractivity contribution is -0.149. The average Bonchev–Trinajstić information content (AvgIpc) is 3.27. The van der Waals surface area contributed by atoms with Gasteiger partial charge in [-0.1, -0.05) is 42.5 Å². The summed E-state index contributed by atoms with van der Waals surface area (Å²) in [7, 11) is 0. The first-order valence-corrected chi connectivity index (χ1v) is 9.46. The van der Waals surface area contributed by atoms with Crippen molar-refractivity contribution in [2.24, 2.45) is 11.3 Å². The molecule has 0 spiro atoms. The molecule has 0 aromatic heterocycles. The maximum atomic E-state index is 13.1. The summed E-state index contributed by atoms with van der Waals surface area (Å²) in [5, 5.41) is 9.68. The average molecular weight is 381 g/mol. The van der Waals surface area contributed by atoms with Gasteiger partial charge in [-0.2, -0.15) is 0 Å². The molecule has 1 N–H and O–H groups in total. The second kappa shape index (κ2) is 7.64. The van der Waals surface area contributed by atoms with Gasteiger partial charge in [-0.15, -0.1) is 0 Å². The van der Waals surface area contributed by atoms with Crippen LogP contribution < -0.4 is 4.74 Å². The van der Waals surface area contributed by atoms with Crippen LogP contribution >= 0.6 is 0 Å². The number of para-hydroxylation sites is 1. The van der Waals surface area contributed by atoms with Crippen LogP contribution in [0.2, 0.25) is 0 Å². The van der Waals surface area contributed by atoms with E-state index in [2.05, 4.69) is 0 Å². The Bertz CT molecular complexity index is 868. The minimum atomic E-state index is -0.987. The van der Waals surface area contributed by atoms with Gasteiger partial charge in [0.2, 0.25) is 0 Å². The Balaban J connectivity index is 1.46. The molecule has 6 heteroatoms. The van der Waals surface area contributed by atoms with Gasteiger partial charge in [0, 0.05) is 25.4 Å². The molecular formula is C22H23NO5. The number of carboxylic acids is 1. The van der Waals surface area contributed by atoms with Gasteiger partial charge in [0.05, 0.1) is 25.4 Å². The lowest BCUT2D eigenvalue weighted by Gasteiger charge is -2.22. The minimum absolute atomic E-state index is 0.159. The maximum absolute atomic E-state index is 13.1. The van der Waals surface area contributed by atoms with Crippen molar-refractivity contribution in [2.45, 2.75) is 6.42 Å². The number of hydrogen-bond acceptors (Lipinski definition) is 4. The first-order chi connectivity index (χ1) is 13.6. The zero-order valence-corrected chi connectivity index (χ0v) is 15.5. The molecule has 2 atom stereocenters. The number of likely N-dealkylation sites (tertiary alicyclic amines) is 1. The van der Waals surface area contributed by atoms with E-state index in [1.54, 1.807) is 23.1 Å². The number of nitrogens with zero attached hydrogens (tertiary/aromatic N) is 1. The van der Waals surface area contributed by atoms with Crippen molar-refractivity contribution in [3.63, 3.8) is 0 Å². The third kappa shape index (κ3) is 3.36. The van der Waals surface area contributed by atoms with Crippen LogP contribution in [0.25, 0.3) is 0 Å². The standard InChI is InChI=1S/C22H23NO5/c24-20(23-12-17-13-27-15-22(17,14-23)21(25)26)18-8-4-5-9-19(18)28-11-10-16-6-2-1-3-7-16/h1-9,17H,10-15H2,(H,25,26)/t17-,22-/m1/s1. The molecule has 2 heterocycles. The van der Waals surface area contributed by atoms with Crippen LogP contribution in [0.15, 0.2) is 54.6 Å². The van der Waals surface area contributed by atoms with E-state index in [0.717, 1.165) is 6.42 Å². The van der Waals surface area contributed by atoms with Crippen molar-refractivity contribution in [1.82, 2.24) is 4.90 Å². The van der Waals surface area contributed by atoms with E-state index >= 15 is 0 Å². The molecule has 2 aliphatic heterocycles. The summed E-state index contributed by atoms with van der Waals surface area (Å²) in [6.07, 6.45) is 0.745. The second-order valence-corrected chi connectivity index (χ2v) is 7.44. The Labute approximate surface area is 163 Å². The van der Waals surface area contributed by atoms with Crippen LogP contribution in [-0.4, -0.2) is 54.8 Å². The molecule has 146 valence electrons. The highest BCUT2D eigenvalue weighted by Gasteiger charge is 2.57. The number of benzene rings is 2. The Morgan fingerprint density at radius 2 is 1.89 bits per heavy atom. The molecule has 0 saturated carbocycles. The zero-order valence-electron chi connectivity index (χ0n) is 15.5. The quantitative estimate of drug-likeness (QED) is 0.832. The van der Waals surface area contributed by atoms with Gasteiger partial charge in [-0.05, 0) is 17.7 Å². The molecule has 2 aromatic carbocycles. The summed E-state index contributed by atoms with van der Waals surface area (Å²) in [4.78, 5) is 26.5. The largest absolute Gasteiger partial charge is 0.492 e. The van der Waals surface area contributed by atoms with Crippen molar-refractivity contribution in [3.8, 4) is 5.75 Å². The zero-order chi connectivity index (χ0) is 19.6. The van der Waals surface area contributed by atoms with Crippen LogP contribution in [0.3, 0.4) is 0 Å². The van der Waals surface area contributed by atoms with Crippen molar-refractivity contribution in [3.05, 3.63) is 65.7 Å². The number of carboxylic acid groups (broad SMARTS) is 1. The number of fused-ring (bicyclic) bond motifs is 1. The van der Waals surface area contributed by atoms with Crippen LogP contribution in [0.5, 0.6) is 5.75 Å². The first-order valence-electron chi connectivity index (χ1n) is 9.46. The van der Waals surface area contributed by atoms with Crippen molar-refractivity contribution >= 4 is 11.9 Å². The Kier molecular flexibility index (Phi) is 5.05. The molecule has 6 nitrogen and oxygen atoms in total. The SMILES string of the molecule is O=C(c1ccccc1OCCc1ccccc1)N1C[C@@H]2COC[C@]2(C(=O)O)C1. The summed E-state index contributed by atoms with van der Waals surface area (Å²) in [6.45, 7) is 1.56. The fourth-order valence-corrected chi connectivity index (χ4v) is 4.06. The number of carbonyl (C=O) groups is 2. The highest BCUT2D eigenvalue weighted by atomic mass is 16.5. The van der Waals surface area contributed by atoms with Crippen molar-refractivity contribution in [2.75, 3.05) is 32.9 Å². The van der Waals surface area contributed by atoms with Gasteiger partial charge in [0.1, 0.15) is 11.2 Å². The highest BCUT2D eigenvalue weighted by Crippen LogP contribution is 2.42. The molecule has 4 rings (SSSR count). The molecule has 0 radical (unpaired) electrons. The van der Waals surface area contributed by atoms with Gasteiger partial charge in [0.15, 0.2) is 0 Å². The normalized spacial score (nSPS) is 23.4. The first kappa shape index (κ1) is 18.5. The monoisotopic (exact) mass is 381 g/mol. The Morgan fingerprint density at radius 1 is 1.14 bits per heavy atom. The molecule has 1 amide bonds. The van der Waals surface area contributed by atoms with Gasteiger partial charge in [0.25, 0.3) is 5.91 Å². The van der Waals surface area contributed by atoms with E-state index in [1.807, 2.05) is 36.4 Å². The van der Waals surface area contributed by atoms with E-state index in [0.29, 0.717) is 31.1 Å². The summed E-state index contributed by atoms with van der Waals surface area (Å²) in [5.74, 6) is -0.718. The van der Waals surface area contributed by atoms with Gasteiger partial charge in [-0.3, -0.25) is 9.59 Å². The van der Waals surface area contributed by atoms with E-state index in [-0.39, 0.29) is 25.0 Å². The van der Waals surface area contributed by atoms with E-state index in [4.69, 9.17) is 9.47 Å². The predicted octanol–water partition coefficient (Wildman–Crippen LogP) is 2.48. The topological polar surface area (TPSA) is 76.1 Å². The Hall–Kier alpha value is -2.86. The second-order valence-electron chi connectivity index (χ2n) is 7.44. The minimum Gasteiger partial charge on any atom is -0.492 e. The molecule has 28 heavy (non-hydrogen) atoms. The summed E-state index contributed by atoms with van der Waals surface area (Å²) >= 11 is 0. The Morgan fingerprint density at radius 3 is 2.64 bits per heavy atom. The lowest BCUT2D eigenvalue weighted by atomic mass is 9.81. The van der Waals surface area contributed by atoms with Gasteiger partial charge < -0.3 is 19.5 Å². The van der Waals surface area contributed by atoms with Crippen LogP contribution in [0, 0.1) is 11.3 Å². The summed E-state index contributed by atoms with van der Waals surface area (Å²) < 4.78 is 11.3. The molecule has 2 aliphatic rings. The fourth-order valence-electron chi connectivity index (χ4n) is 4.06. The van der Waals surface area contributed by atoms with Crippen molar-refractivity contribution in [1.29, 1.82) is 0 Å². The lowest BCUT2D eigenvalue weighted by Crippen LogP contribution is -2.40. The van der Waals surface area contributed by atoms with E-state index in [1.165, 1.54) is 5.56 Å². The molecule has 0 bridgehead atoms. The highest BCUT2D eigenvalue weighted by molar-refractivity contribution is 5.97. The van der Waals surface area contributed by atoms with Crippen LogP contribution in [-0.2, 0) is 16.0 Å². The molecule has 0 unspecified atom stereocenters. The molecule has 0 aliphatic carbocycles. The number of rotatable bonds is 6. The third-order valence-electron chi connectivity index (χ3n) is 5.70. The smallest absolute Gasteiger partial charge is 0.314 e. The number of aliphatic carboxylic acids is 1. The molecular weight excluding hydrogens is 358 g/mol. The predicted molar refractivity (Wildman–Crippen MR) is 102 cm³/mol. The maximum Gasteiger partial charge on any atom is 0.314 e. The molecule has 2 fully saturated rings. The summed E-state index contributed by atoms with van der Waals surface area (Å²) in [6, 6.07) is 17.2. The number of ether oxygens (including phenoxy) is 2. The molecule has 2 aromatic rings.